The van der Waals surface area contributed by atoms with Crippen LogP contribution in [0.4, 0.5) is 0 Å². The first-order valence-electron chi connectivity index (χ1n) is 36.1. The van der Waals surface area contributed by atoms with Crippen molar-refractivity contribution >= 4 is 17.9 Å². The van der Waals surface area contributed by atoms with E-state index in [-0.39, 0.29) is 31.1 Å². The SMILES string of the molecule is CCCCC/C=C\C/C=C\CCCCCCCCCCCC(=O)OCC(COC(=O)CCCCCCCCCC/C=C\C/C=C\C/C=C\CCCCCCC)OC(=O)CCCCCCCCCCCCC/C=C\C/C=C\CCCCCCC. The molecule has 0 spiro atoms. The smallest absolute Gasteiger partial charge is 0.306 e. The highest BCUT2D eigenvalue weighted by Crippen LogP contribution is 2.17. The summed E-state index contributed by atoms with van der Waals surface area (Å²) < 4.78 is 17.0. The summed E-state index contributed by atoms with van der Waals surface area (Å²) in [5.41, 5.74) is 0. The Labute approximate surface area is 515 Å². The van der Waals surface area contributed by atoms with Gasteiger partial charge in [0.05, 0.1) is 0 Å². The summed E-state index contributed by atoms with van der Waals surface area (Å²) in [6, 6.07) is 0. The molecule has 83 heavy (non-hydrogen) atoms. The first-order chi connectivity index (χ1) is 41.0. The Morgan fingerprint density at radius 1 is 0.241 bits per heavy atom. The molecule has 0 rings (SSSR count). The predicted octanol–water partition coefficient (Wildman–Crippen LogP) is 25.0. The maximum Gasteiger partial charge on any atom is 0.306 e. The molecule has 0 amide bonds. The minimum atomic E-state index is -0.786. The molecular formula is C77H136O6. The highest BCUT2D eigenvalue weighted by Gasteiger charge is 2.19. The summed E-state index contributed by atoms with van der Waals surface area (Å²) in [6.07, 6.45) is 94.5. The molecule has 0 radical (unpaired) electrons. The van der Waals surface area contributed by atoms with Crippen molar-refractivity contribution in [3.63, 3.8) is 0 Å². The van der Waals surface area contributed by atoms with Crippen LogP contribution in [-0.4, -0.2) is 37.2 Å². The lowest BCUT2D eigenvalue weighted by molar-refractivity contribution is -0.167. The van der Waals surface area contributed by atoms with Crippen molar-refractivity contribution in [1.82, 2.24) is 0 Å². The third kappa shape index (κ3) is 69.3. The van der Waals surface area contributed by atoms with E-state index in [4.69, 9.17) is 14.2 Å². The molecule has 0 aromatic heterocycles. The third-order valence-electron chi connectivity index (χ3n) is 15.8. The summed E-state index contributed by atoms with van der Waals surface area (Å²) in [4.78, 5) is 38.5. The lowest BCUT2D eigenvalue weighted by atomic mass is 10.0. The van der Waals surface area contributed by atoms with E-state index in [1.165, 1.54) is 238 Å². The molecule has 0 saturated carbocycles. The second-order valence-electron chi connectivity index (χ2n) is 24.1. The Balaban J connectivity index is 4.39. The van der Waals surface area contributed by atoms with Crippen LogP contribution in [0.25, 0.3) is 0 Å². The molecule has 0 aliphatic rings. The quantitative estimate of drug-likeness (QED) is 0.0261. The van der Waals surface area contributed by atoms with E-state index in [0.717, 1.165) is 89.9 Å². The molecule has 0 saturated heterocycles. The average molecular weight is 1160 g/mol. The van der Waals surface area contributed by atoms with Crippen LogP contribution in [0.15, 0.2) is 85.1 Å². The van der Waals surface area contributed by atoms with E-state index in [2.05, 4.69) is 106 Å². The number of unbranched alkanes of at least 4 members (excludes halogenated alkanes) is 41. The molecule has 0 fully saturated rings. The average Bonchev–Trinajstić information content (AvgIpc) is 3.49. The molecular weight excluding hydrogens is 1020 g/mol. The zero-order chi connectivity index (χ0) is 59.9. The number of ether oxygens (including phenoxy) is 3. The van der Waals surface area contributed by atoms with Gasteiger partial charge < -0.3 is 14.2 Å². The molecule has 1 atom stereocenters. The summed E-state index contributed by atoms with van der Waals surface area (Å²) in [7, 11) is 0. The van der Waals surface area contributed by atoms with E-state index in [1.807, 2.05) is 0 Å². The largest absolute Gasteiger partial charge is 0.462 e. The van der Waals surface area contributed by atoms with E-state index in [9.17, 15) is 14.4 Å². The van der Waals surface area contributed by atoms with Crippen LogP contribution in [0.2, 0.25) is 0 Å². The second-order valence-corrected chi connectivity index (χ2v) is 24.1. The number of rotatable bonds is 66. The Bertz CT molecular complexity index is 1570. The molecule has 480 valence electrons. The van der Waals surface area contributed by atoms with E-state index in [0.29, 0.717) is 19.3 Å². The first kappa shape index (κ1) is 79.6. The van der Waals surface area contributed by atoms with Crippen molar-refractivity contribution in [1.29, 1.82) is 0 Å². The number of hydrogen-bond donors (Lipinski definition) is 0. The van der Waals surface area contributed by atoms with Crippen LogP contribution in [0.5, 0.6) is 0 Å². The van der Waals surface area contributed by atoms with Crippen LogP contribution < -0.4 is 0 Å². The van der Waals surface area contributed by atoms with Crippen LogP contribution in [-0.2, 0) is 28.6 Å². The summed E-state index contributed by atoms with van der Waals surface area (Å²) in [5.74, 6) is -0.874. The maximum atomic E-state index is 13.0. The zero-order valence-electron chi connectivity index (χ0n) is 55.2. The fourth-order valence-electron chi connectivity index (χ4n) is 10.4. The van der Waals surface area contributed by atoms with Crippen molar-refractivity contribution in [3.05, 3.63) is 85.1 Å². The number of carbonyl (C=O) groups is 3. The molecule has 0 aliphatic carbocycles. The minimum absolute atomic E-state index is 0.0802. The normalized spacial score (nSPS) is 12.6. The van der Waals surface area contributed by atoms with Crippen LogP contribution in [0, 0.1) is 0 Å². The lowest BCUT2D eigenvalue weighted by Crippen LogP contribution is -2.30. The summed E-state index contributed by atoms with van der Waals surface area (Å²) in [6.45, 7) is 6.63. The highest BCUT2D eigenvalue weighted by molar-refractivity contribution is 5.71. The van der Waals surface area contributed by atoms with Crippen LogP contribution in [0.1, 0.15) is 367 Å². The van der Waals surface area contributed by atoms with Crippen LogP contribution >= 0.6 is 0 Å². The van der Waals surface area contributed by atoms with E-state index >= 15 is 0 Å². The molecule has 6 heteroatoms. The lowest BCUT2D eigenvalue weighted by Gasteiger charge is -2.18. The molecule has 0 aliphatic heterocycles. The van der Waals surface area contributed by atoms with Crippen molar-refractivity contribution in [2.24, 2.45) is 0 Å². The number of esters is 3. The van der Waals surface area contributed by atoms with Gasteiger partial charge in [0.2, 0.25) is 0 Å². The fourth-order valence-corrected chi connectivity index (χ4v) is 10.4. The number of hydrogen-bond acceptors (Lipinski definition) is 6. The molecule has 0 bridgehead atoms. The van der Waals surface area contributed by atoms with E-state index in [1.54, 1.807) is 0 Å². The minimum Gasteiger partial charge on any atom is -0.462 e. The van der Waals surface area contributed by atoms with Crippen molar-refractivity contribution < 1.29 is 28.6 Å². The van der Waals surface area contributed by atoms with Gasteiger partial charge in [-0.15, -0.1) is 0 Å². The van der Waals surface area contributed by atoms with Crippen molar-refractivity contribution in [3.8, 4) is 0 Å². The standard InChI is InChI=1S/C77H136O6/c1-4-7-10-13-16-19-22-25-28-31-34-36-38-40-43-46-49-52-55-58-61-64-67-70-76(79)82-73-74(72-81-75(78)69-66-63-60-57-54-51-48-45-42-33-30-27-24-21-18-15-12-9-6-3)83-77(80)71-68-65-62-59-56-53-50-47-44-41-39-37-35-32-29-26-23-20-17-14-11-8-5-2/h18,21-23,25-27,30-32,34-35,38,40,74H,4-17,19-20,24,28-29,33,36-37,39,41-73H2,1-3H3/b21-18-,25-22-,26-23-,30-27-,34-31-,35-32-,40-38-. The van der Waals surface area contributed by atoms with Gasteiger partial charge in [-0.25, -0.2) is 0 Å². The molecule has 0 heterocycles. The van der Waals surface area contributed by atoms with Gasteiger partial charge >= 0.3 is 17.9 Å². The fraction of sp³-hybridized carbons (Fsp3) is 0.779. The van der Waals surface area contributed by atoms with Gasteiger partial charge in [-0.1, -0.05) is 311 Å². The van der Waals surface area contributed by atoms with Gasteiger partial charge in [0.1, 0.15) is 13.2 Å². The topological polar surface area (TPSA) is 78.9 Å². The molecule has 0 N–H and O–H groups in total. The Morgan fingerprint density at radius 3 is 0.699 bits per heavy atom. The third-order valence-corrected chi connectivity index (χ3v) is 15.8. The maximum absolute atomic E-state index is 13.0. The Morgan fingerprint density at radius 2 is 0.434 bits per heavy atom. The molecule has 1 unspecified atom stereocenters. The monoisotopic (exact) mass is 1160 g/mol. The van der Waals surface area contributed by atoms with Gasteiger partial charge in [-0.3, -0.25) is 14.4 Å². The van der Waals surface area contributed by atoms with Gasteiger partial charge in [-0.05, 0) is 122 Å². The van der Waals surface area contributed by atoms with Gasteiger partial charge in [0, 0.05) is 19.3 Å². The van der Waals surface area contributed by atoms with Gasteiger partial charge in [0.15, 0.2) is 6.10 Å². The molecule has 0 aromatic carbocycles. The van der Waals surface area contributed by atoms with Crippen LogP contribution in [0.3, 0.4) is 0 Å². The van der Waals surface area contributed by atoms with Gasteiger partial charge in [-0.2, -0.15) is 0 Å². The second kappa shape index (κ2) is 71.1. The molecule has 6 nitrogen and oxygen atoms in total. The predicted molar refractivity (Wildman–Crippen MR) is 362 cm³/mol. The van der Waals surface area contributed by atoms with Crippen molar-refractivity contribution in [2.75, 3.05) is 13.2 Å². The summed E-state index contributed by atoms with van der Waals surface area (Å²) in [5, 5.41) is 0. The van der Waals surface area contributed by atoms with Gasteiger partial charge in [0.25, 0.3) is 0 Å². The molecule has 0 aromatic rings. The number of allylic oxidation sites excluding steroid dienone is 14. The zero-order valence-corrected chi connectivity index (χ0v) is 55.2. The first-order valence-corrected chi connectivity index (χ1v) is 36.1. The van der Waals surface area contributed by atoms with E-state index < -0.39 is 6.10 Å². The highest BCUT2D eigenvalue weighted by atomic mass is 16.6. The Hall–Kier alpha value is -3.41. The Kier molecular flexibility index (Phi) is 68.2. The number of carbonyl (C=O) groups excluding carboxylic acids is 3. The summed E-state index contributed by atoms with van der Waals surface area (Å²) >= 11 is 0. The van der Waals surface area contributed by atoms with Crippen molar-refractivity contribution in [2.45, 2.75) is 374 Å².